The number of hydrogen-bond donors (Lipinski definition) is 2. The van der Waals surface area contributed by atoms with Crippen molar-refractivity contribution in [2.45, 2.75) is 26.0 Å². The predicted octanol–water partition coefficient (Wildman–Crippen LogP) is 0.860. The molecule has 0 saturated carbocycles. The van der Waals surface area contributed by atoms with Crippen LogP contribution >= 0.6 is 0 Å². The third-order valence-electron chi connectivity index (χ3n) is 6.23. The lowest BCUT2D eigenvalue weighted by molar-refractivity contribution is 0.0956. The number of pyridine rings is 2. The Labute approximate surface area is 209 Å². The smallest absolute Gasteiger partial charge is 0.281 e. The van der Waals surface area contributed by atoms with E-state index in [-0.39, 0.29) is 24.1 Å². The fraction of sp³-hybridized carbons (Fsp3) is 0.375. The Morgan fingerprint density at radius 3 is 2.53 bits per heavy atom. The van der Waals surface area contributed by atoms with Crippen molar-refractivity contribution in [3.05, 3.63) is 63.1 Å². The zero-order valence-corrected chi connectivity index (χ0v) is 21.6. The number of rotatable bonds is 7. The predicted molar refractivity (Wildman–Crippen MR) is 135 cm³/mol. The van der Waals surface area contributed by atoms with Gasteiger partial charge in [-0.25, -0.2) is 0 Å². The van der Waals surface area contributed by atoms with Crippen molar-refractivity contribution in [2.24, 2.45) is 0 Å². The number of benzene rings is 1. The first-order valence-electron chi connectivity index (χ1n) is 11.3. The molecule has 1 aliphatic rings. The van der Waals surface area contributed by atoms with E-state index in [9.17, 15) is 23.1 Å². The van der Waals surface area contributed by atoms with E-state index in [1.165, 1.54) is 32.8 Å². The number of ether oxygens (including phenoxy) is 1. The minimum atomic E-state index is -3.73. The van der Waals surface area contributed by atoms with E-state index in [1.807, 2.05) is 31.2 Å². The molecule has 11 nitrogen and oxygen atoms in total. The average molecular weight is 516 g/mol. The van der Waals surface area contributed by atoms with E-state index >= 15 is 0 Å². The van der Waals surface area contributed by atoms with Gasteiger partial charge in [0.1, 0.15) is 22.7 Å². The lowest BCUT2D eigenvalue weighted by Gasteiger charge is -2.32. The van der Waals surface area contributed by atoms with Crippen molar-refractivity contribution in [1.82, 2.24) is 23.5 Å². The molecule has 0 fully saturated rings. The summed E-state index contributed by atoms with van der Waals surface area (Å²) in [6, 6.07) is 7.92. The molecule has 0 aliphatic carbocycles. The fourth-order valence-electron chi connectivity index (χ4n) is 4.25. The number of carbonyl (C=O) groups is 1. The molecule has 3 heterocycles. The molecule has 0 radical (unpaired) electrons. The molecule has 192 valence electrons. The van der Waals surface area contributed by atoms with E-state index in [0.717, 1.165) is 19.7 Å². The molecule has 1 atom stereocenters. The summed E-state index contributed by atoms with van der Waals surface area (Å²) in [6.45, 7) is 1.91. The number of aromatic hydroxyl groups is 1. The first kappa shape index (κ1) is 25.6. The highest BCUT2D eigenvalue weighted by Crippen LogP contribution is 2.37. The Bertz CT molecular complexity index is 1500. The molecule has 3 aromatic rings. The maximum Gasteiger partial charge on any atom is 0.281 e. The first-order chi connectivity index (χ1) is 16.9. The van der Waals surface area contributed by atoms with Crippen LogP contribution in [0.4, 0.5) is 0 Å². The van der Waals surface area contributed by atoms with Crippen LogP contribution in [-0.2, 0) is 23.2 Å². The van der Waals surface area contributed by atoms with Gasteiger partial charge in [-0.05, 0) is 12.5 Å². The third kappa shape index (κ3) is 4.43. The van der Waals surface area contributed by atoms with Crippen LogP contribution in [0.1, 0.15) is 27.0 Å². The van der Waals surface area contributed by atoms with Crippen molar-refractivity contribution in [3.63, 3.8) is 0 Å². The number of aromatic nitrogens is 2. The minimum absolute atomic E-state index is 0.0322. The topological polar surface area (TPSA) is 134 Å². The molecule has 36 heavy (non-hydrogen) atoms. The molecule has 2 N–H and O–H groups in total. The number of amides is 1. The largest absolute Gasteiger partial charge is 0.505 e. The highest BCUT2D eigenvalue weighted by Gasteiger charge is 2.33. The Hall–Kier alpha value is -3.48. The van der Waals surface area contributed by atoms with Crippen LogP contribution in [0.15, 0.2) is 35.3 Å². The Balaban J connectivity index is 1.88. The number of nitrogens with zero attached hydrogens (tertiary/aromatic N) is 4. The molecule has 4 rings (SSSR count). The Morgan fingerprint density at radius 2 is 1.92 bits per heavy atom. The van der Waals surface area contributed by atoms with Crippen LogP contribution < -0.4 is 15.6 Å². The normalized spacial score (nSPS) is 15.4. The zero-order chi connectivity index (χ0) is 26.4. The maximum atomic E-state index is 13.4. The van der Waals surface area contributed by atoms with Gasteiger partial charge in [0.25, 0.3) is 21.7 Å². The van der Waals surface area contributed by atoms with Crippen molar-refractivity contribution >= 4 is 27.1 Å². The molecule has 1 amide bonds. The van der Waals surface area contributed by atoms with E-state index < -0.39 is 39.1 Å². The van der Waals surface area contributed by atoms with Gasteiger partial charge in [0.2, 0.25) is 0 Å². The maximum absolute atomic E-state index is 13.4. The van der Waals surface area contributed by atoms with Gasteiger partial charge in [-0.2, -0.15) is 17.0 Å². The molecule has 2 aromatic heterocycles. The van der Waals surface area contributed by atoms with Gasteiger partial charge in [0.15, 0.2) is 11.5 Å². The highest BCUT2D eigenvalue weighted by atomic mass is 32.2. The molecule has 1 aliphatic heterocycles. The summed E-state index contributed by atoms with van der Waals surface area (Å²) in [5, 5.41) is 13.2. The van der Waals surface area contributed by atoms with Crippen LogP contribution in [0.5, 0.6) is 11.5 Å². The van der Waals surface area contributed by atoms with E-state index in [2.05, 4.69) is 10.3 Å². The van der Waals surface area contributed by atoms with Gasteiger partial charge in [-0.1, -0.05) is 29.8 Å². The van der Waals surface area contributed by atoms with Gasteiger partial charge in [-0.15, -0.1) is 0 Å². The second-order valence-electron chi connectivity index (χ2n) is 9.00. The quantitative estimate of drug-likeness (QED) is 0.477. The summed E-state index contributed by atoms with van der Waals surface area (Å²) in [7, 11) is 1.92. The van der Waals surface area contributed by atoms with Crippen LogP contribution in [0.25, 0.3) is 11.0 Å². The lowest BCUT2D eigenvalue weighted by atomic mass is 10.0. The van der Waals surface area contributed by atoms with Crippen LogP contribution in [-0.4, -0.2) is 78.4 Å². The second kappa shape index (κ2) is 9.52. The van der Waals surface area contributed by atoms with Crippen LogP contribution in [0.3, 0.4) is 0 Å². The molecular formula is C24H29N5O6S. The molecule has 1 aromatic carbocycles. The number of likely N-dealkylation sites (N-methyl/N-ethyl adjacent to an activating group) is 1. The van der Waals surface area contributed by atoms with E-state index in [4.69, 9.17) is 4.74 Å². The van der Waals surface area contributed by atoms with Crippen molar-refractivity contribution < 1.29 is 23.1 Å². The SMILES string of the molecule is CNC(=O)c1c(O)c2ncc(Cc3ccc(C)cc3)c3c2n(c1=O)C[C@@H](CN(C)S(=O)(=O)N(C)C)O3. The highest BCUT2D eigenvalue weighted by molar-refractivity contribution is 7.86. The Morgan fingerprint density at radius 1 is 1.25 bits per heavy atom. The third-order valence-corrected chi connectivity index (χ3v) is 8.09. The van der Waals surface area contributed by atoms with Crippen molar-refractivity contribution in [1.29, 1.82) is 0 Å². The number of hydrogen-bond acceptors (Lipinski definition) is 7. The van der Waals surface area contributed by atoms with Gasteiger partial charge >= 0.3 is 0 Å². The zero-order valence-electron chi connectivity index (χ0n) is 20.8. The van der Waals surface area contributed by atoms with Gasteiger partial charge in [-0.3, -0.25) is 19.1 Å². The number of nitrogens with one attached hydrogen (secondary N) is 1. The standard InChI is InChI=1S/C24H29N5O6S/c1-14-6-8-15(9-7-14)10-16-11-26-19-20-22(16)35-17(12-28(5)36(33,34)27(3)4)13-29(20)24(32)18(21(19)30)23(31)25-2/h6-9,11,17,30H,10,12-13H2,1-5H3,(H,25,31)/t17-/m1/s1. The van der Waals surface area contributed by atoms with Gasteiger partial charge in [0, 0.05) is 46.4 Å². The summed E-state index contributed by atoms with van der Waals surface area (Å²) in [4.78, 5) is 30.2. The fourth-order valence-corrected chi connectivity index (χ4v) is 5.16. The summed E-state index contributed by atoms with van der Waals surface area (Å²) in [6.07, 6.45) is 1.24. The summed E-state index contributed by atoms with van der Waals surface area (Å²) in [5.74, 6) is -0.947. The first-order valence-corrected chi connectivity index (χ1v) is 12.7. The molecule has 0 bridgehead atoms. The summed E-state index contributed by atoms with van der Waals surface area (Å²) >= 11 is 0. The lowest BCUT2D eigenvalue weighted by Crippen LogP contribution is -2.46. The molecule has 0 saturated heterocycles. The second-order valence-corrected chi connectivity index (χ2v) is 11.3. The molecule has 0 unspecified atom stereocenters. The van der Waals surface area contributed by atoms with Crippen molar-refractivity contribution in [3.8, 4) is 11.5 Å². The van der Waals surface area contributed by atoms with Crippen molar-refractivity contribution in [2.75, 3.05) is 34.7 Å². The molecular weight excluding hydrogens is 486 g/mol. The summed E-state index contributed by atoms with van der Waals surface area (Å²) < 4.78 is 35.1. The average Bonchev–Trinajstić information content (AvgIpc) is 2.84. The molecule has 0 spiro atoms. The number of aryl methyl sites for hydroxylation is 1. The van der Waals surface area contributed by atoms with Crippen LogP contribution in [0, 0.1) is 6.92 Å². The van der Waals surface area contributed by atoms with E-state index in [0.29, 0.717) is 17.7 Å². The number of carbonyl (C=O) groups excluding carboxylic acids is 1. The van der Waals surface area contributed by atoms with Gasteiger partial charge in [0.05, 0.1) is 13.1 Å². The van der Waals surface area contributed by atoms with E-state index in [1.54, 1.807) is 6.20 Å². The minimum Gasteiger partial charge on any atom is -0.505 e. The monoisotopic (exact) mass is 515 g/mol. The Kier molecular flexibility index (Phi) is 6.78. The molecule has 12 heteroatoms. The summed E-state index contributed by atoms with van der Waals surface area (Å²) in [5.41, 5.74) is 1.95. The van der Waals surface area contributed by atoms with Crippen LogP contribution in [0.2, 0.25) is 0 Å². The van der Waals surface area contributed by atoms with Gasteiger partial charge < -0.3 is 15.2 Å².